The lowest BCUT2D eigenvalue weighted by Crippen LogP contribution is -2.55. The molecule has 1 aromatic carbocycles. The fourth-order valence-electron chi connectivity index (χ4n) is 2.64. The van der Waals surface area contributed by atoms with Crippen molar-refractivity contribution in [1.29, 1.82) is 0 Å². The molecule has 0 radical (unpaired) electrons. The zero-order valence-corrected chi connectivity index (χ0v) is 18.4. The number of amides is 3. The van der Waals surface area contributed by atoms with Gasteiger partial charge in [0.2, 0.25) is 17.7 Å². The largest absolute Gasteiger partial charge is 0.508 e. The summed E-state index contributed by atoms with van der Waals surface area (Å²) in [6.07, 6.45) is 0.638. The lowest BCUT2D eigenvalue weighted by Gasteiger charge is -2.22. The highest BCUT2D eigenvalue weighted by Gasteiger charge is 2.27. The number of carboxylic acids is 1. The summed E-state index contributed by atoms with van der Waals surface area (Å²) in [6, 6.07) is 3.04. The van der Waals surface area contributed by atoms with Crippen LogP contribution in [0.5, 0.6) is 5.75 Å². The van der Waals surface area contributed by atoms with Crippen LogP contribution < -0.4 is 21.7 Å². The van der Waals surface area contributed by atoms with Gasteiger partial charge in [-0.1, -0.05) is 32.4 Å². The smallest absolute Gasteiger partial charge is 0.326 e. The van der Waals surface area contributed by atoms with Crippen molar-refractivity contribution >= 4 is 36.3 Å². The number of nitrogens with two attached hydrogens (primary N) is 1. The second-order valence-corrected chi connectivity index (χ2v) is 7.57. The Morgan fingerprint density at radius 2 is 1.71 bits per heavy atom. The number of aliphatic carboxylic acids is 1. The molecule has 0 aliphatic rings. The molecule has 0 saturated carbocycles. The second kappa shape index (κ2) is 12.8. The molecule has 7 N–H and O–H groups in total. The molecule has 0 fully saturated rings. The normalized spacial score (nSPS) is 14.6. The molecule has 0 aliphatic carbocycles. The molecule has 1 rings (SSSR count). The van der Waals surface area contributed by atoms with Crippen molar-refractivity contribution in [1.82, 2.24) is 16.0 Å². The van der Waals surface area contributed by atoms with Crippen molar-refractivity contribution in [3.63, 3.8) is 0 Å². The van der Waals surface area contributed by atoms with E-state index in [4.69, 9.17) is 5.73 Å². The molecule has 3 amide bonds. The van der Waals surface area contributed by atoms with Gasteiger partial charge in [-0.3, -0.25) is 14.4 Å². The lowest BCUT2D eigenvalue weighted by atomic mass is 9.99. The predicted octanol–water partition coefficient (Wildman–Crippen LogP) is -0.592. The Balaban J connectivity index is 2.81. The molecular formula is C20H30N4O6S. The summed E-state index contributed by atoms with van der Waals surface area (Å²) in [5.74, 6) is -3.21. The lowest BCUT2D eigenvalue weighted by molar-refractivity contribution is -0.143. The standard InChI is InChI=1S/C20H30N4O6S/c1-3-11(2)17(20(29)30)24-16(26)9-22-19(28)15(23-18(27)14(21)10-31)8-12-4-6-13(25)7-5-12/h4-7,11,14-15,17,25,31H,3,8-10,21H2,1-2H3,(H,22,28)(H,23,27)(H,24,26)(H,29,30). The number of rotatable bonds is 12. The summed E-state index contributed by atoms with van der Waals surface area (Å²) >= 11 is 3.97. The van der Waals surface area contributed by atoms with Gasteiger partial charge in [-0.15, -0.1) is 0 Å². The minimum atomic E-state index is -1.16. The molecule has 11 heteroatoms. The summed E-state index contributed by atoms with van der Waals surface area (Å²) in [5.41, 5.74) is 6.31. The topological polar surface area (TPSA) is 171 Å². The van der Waals surface area contributed by atoms with Gasteiger partial charge < -0.3 is 31.9 Å². The number of nitrogens with one attached hydrogen (secondary N) is 3. The summed E-state index contributed by atoms with van der Waals surface area (Å²) in [4.78, 5) is 48.3. The van der Waals surface area contributed by atoms with Crippen molar-refractivity contribution in [2.75, 3.05) is 12.3 Å². The first kappa shape index (κ1) is 26.2. The van der Waals surface area contributed by atoms with Crippen LogP contribution in [-0.2, 0) is 25.6 Å². The zero-order valence-electron chi connectivity index (χ0n) is 17.5. The Morgan fingerprint density at radius 1 is 1.10 bits per heavy atom. The van der Waals surface area contributed by atoms with Crippen LogP contribution in [0.2, 0.25) is 0 Å². The number of phenols is 1. The Kier molecular flexibility index (Phi) is 10.8. The van der Waals surface area contributed by atoms with Gasteiger partial charge in [-0.05, 0) is 23.6 Å². The average Bonchev–Trinajstić information content (AvgIpc) is 2.75. The van der Waals surface area contributed by atoms with Crippen LogP contribution in [0.3, 0.4) is 0 Å². The van der Waals surface area contributed by atoms with Gasteiger partial charge in [0.1, 0.15) is 17.8 Å². The summed E-state index contributed by atoms with van der Waals surface area (Å²) < 4.78 is 0. The molecule has 172 valence electrons. The predicted molar refractivity (Wildman–Crippen MR) is 118 cm³/mol. The van der Waals surface area contributed by atoms with Crippen LogP contribution >= 0.6 is 12.6 Å². The fourth-order valence-corrected chi connectivity index (χ4v) is 2.80. The number of hydrogen-bond donors (Lipinski definition) is 7. The van der Waals surface area contributed by atoms with Gasteiger partial charge in [0, 0.05) is 12.2 Å². The summed E-state index contributed by atoms with van der Waals surface area (Å²) in [5, 5.41) is 26.0. The van der Waals surface area contributed by atoms with E-state index in [1.54, 1.807) is 26.0 Å². The number of carbonyl (C=O) groups excluding carboxylic acids is 3. The third-order valence-corrected chi connectivity index (χ3v) is 5.15. The van der Waals surface area contributed by atoms with E-state index in [-0.39, 0.29) is 23.8 Å². The molecule has 0 bridgehead atoms. The maximum Gasteiger partial charge on any atom is 0.326 e. The van der Waals surface area contributed by atoms with E-state index in [1.807, 2.05) is 0 Å². The molecule has 0 aromatic heterocycles. The van der Waals surface area contributed by atoms with Crippen molar-refractivity contribution in [3.05, 3.63) is 29.8 Å². The minimum absolute atomic E-state index is 0.0526. The quantitative estimate of drug-likeness (QED) is 0.207. The Bertz CT molecular complexity index is 773. The van der Waals surface area contributed by atoms with E-state index in [0.29, 0.717) is 12.0 Å². The first-order chi connectivity index (χ1) is 14.6. The van der Waals surface area contributed by atoms with Crippen LogP contribution in [0.4, 0.5) is 0 Å². The Hall–Kier alpha value is -2.79. The van der Waals surface area contributed by atoms with Crippen molar-refractivity contribution < 1.29 is 29.4 Å². The summed E-state index contributed by atoms with van der Waals surface area (Å²) in [7, 11) is 0. The van der Waals surface area contributed by atoms with Gasteiger partial charge in [0.05, 0.1) is 12.6 Å². The Morgan fingerprint density at radius 3 is 2.23 bits per heavy atom. The first-order valence-electron chi connectivity index (χ1n) is 9.83. The SMILES string of the molecule is CCC(C)C(NC(=O)CNC(=O)C(Cc1ccc(O)cc1)NC(=O)C(N)CS)C(=O)O. The summed E-state index contributed by atoms with van der Waals surface area (Å²) in [6.45, 7) is 3.05. The number of phenolic OH excluding ortho intramolecular Hbond substituents is 1. The first-order valence-corrected chi connectivity index (χ1v) is 10.5. The van der Waals surface area contributed by atoms with E-state index >= 15 is 0 Å². The maximum atomic E-state index is 12.6. The van der Waals surface area contributed by atoms with Crippen LogP contribution in [0.25, 0.3) is 0 Å². The monoisotopic (exact) mass is 454 g/mol. The van der Waals surface area contributed by atoms with Gasteiger partial charge >= 0.3 is 5.97 Å². The molecule has 0 heterocycles. The molecule has 0 spiro atoms. The highest BCUT2D eigenvalue weighted by atomic mass is 32.1. The van der Waals surface area contributed by atoms with E-state index < -0.39 is 48.4 Å². The van der Waals surface area contributed by atoms with Gasteiger partial charge in [-0.25, -0.2) is 4.79 Å². The van der Waals surface area contributed by atoms with E-state index in [0.717, 1.165) is 0 Å². The highest BCUT2D eigenvalue weighted by Crippen LogP contribution is 2.12. The van der Waals surface area contributed by atoms with Crippen molar-refractivity contribution in [3.8, 4) is 5.75 Å². The van der Waals surface area contributed by atoms with Crippen molar-refractivity contribution in [2.45, 2.75) is 44.8 Å². The fraction of sp³-hybridized carbons (Fsp3) is 0.500. The molecule has 1 aromatic rings. The number of benzene rings is 1. The number of hydrogen-bond acceptors (Lipinski definition) is 7. The average molecular weight is 455 g/mol. The van der Waals surface area contributed by atoms with Gasteiger partial charge in [-0.2, -0.15) is 12.6 Å². The molecule has 10 nitrogen and oxygen atoms in total. The minimum Gasteiger partial charge on any atom is -0.508 e. The van der Waals surface area contributed by atoms with Crippen LogP contribution in [0.15, 0.2) is 24.3 Å². The number of thiol groups is 1. The highest BCUT2D eigenvalue weighted by molar-refractivity contribution is 7.80. The number of aromatic hydroxyl groups is 1. The maximum absolute atomic E-state index is 12.6. The van der Waals surface area contributed by atoms with Crippen molar-refractivity contribution in [2.24, 2.45) is 11.7 Å². The zero-order chi connectivity index (χ0) is 23.6. The molecule has 4 unspecified atom stereocenters. The van der Waals surface area contributed by atoms with Crippen LogP contribution in [-0.4, -0.2) is 64.3 Å². The second-order valence-electron chi connectivity index (χ2n) is 7.21. The van der Waals surface area contributed by atoms with E-state index in [9.17, 15) is 29.4 Å². The van der Waals surface area contributed by atoms with E-state index in [2.05, 4.69) is 28.6 Å². The number of carbonyl (C=O) groups is 4. The van der Waals surface area contributed by atoms with Gasteiger partial charge in [0.25, 0.3) is 0 Å². The molecule has 31 heavy (non-hydrogen) atoms. The van der Waals surface area contributed by atoms with E-state index in [1.165, 1.54) is 12.1 Å². The third kappa shape index (κ3) is 8.85. The van der Waals surface area contributed by atoms with Crippen LogP contribution in [0.1, 0.15) is 25.8 Å². The molecule has 0 saturated heterocycles. The third-order valence-electron chi connectivity index (χ3n) is 4.76. The van der Waals surface area contributed by atoms with Gasteiger partial charge in [0.15, 0.2) is 0 Å². The molecule has 0 aliphatic heterocycles. The van der Waals surface area contributed by atoms with Crippen LogP contribution in [0, 0.1) is 5.92 Å². The molecule has 4 atom stereocenters. The Labute approximate surface area is 186 Å². The molecular weight excluding hydrogens is 424 g/mol. The number of carboxylic acid groups (broad SMARTS) is 1.